The molecule has 11 heteroatoms. The van der Waals surface area contributed by atoms with Gasteiger partial charge in [0.05, 0.1) is 12.5 Å². The zero-order valence-electron chi connectivity index (χ0n) is 27.8. The molecule has 254 valence electrons. The summed E-state index contributed by atoms with van der Waals surface area (Å²) in [6.45, 7) is 6.40. The smallest absolute Gasteiger partial charge is 0.290 e. The van der Waals surface area contributed by atoms with Crippen LogP contribution >= 0.6 is 0 Å². The maximum absolute atomic E-state index is 13.8. The van der Waals surface area contributed by atoms with E-state index in [1.165, 1.54) is 13.8 Å². The van der Waals surface area contributed by atoms with Crippen molar-refractivity contribution in [1.29, 1.82) is 0 Å². The predicted molar refractivity (Wildman–Crippen MR) is 182 cm³/mol. The second-order valence-corrected chi connectivity index (χ2v) is 12.4. The zero-order valence-corrected chi connectivity index (χ0v) is 27.8. The average molecular weight is 656 g/mol. The molecule has 0 saturated heterocycles. The Bertz CT molecular complexity index is 1560. The first-order valence-corrected chi connectivity index (χ1v) is 16.0. The Hall–Kier alpha value is -5.32. The van der Waals surface area contributed by atoms with Gasteiger partial charge in [0.2, 0.25) is 29.4 Å². The molecule has 48 heavy (non-hydrogen) atoms. The van der Waals surface area contributed by atoms with Crippen LogP contribution in [0.4, 0.5) is 0 Å². The molecule has 4 atom stereocenters. The topological polar surface area (TPSA) is 177 Å². The van der Waals surface area contributed by atoms with Crippen LogP contribution in [-0.2, 0) is 48.0 Å². The number of rotatable bonds is 17. The molecule has 5 amide bonds. The highest BCUT2D eigenvalue weighted by Crippen LogP contribution is 2.13. The highest BCUT2D eigenvalue weighted by atomic mass is 16.2. The first-order valence-electron chi connectivity index (χ1n) is 16.0. The van der Waals surface area contributed by atoms with Crippen LogP contribution in [0.3, 0.4) is 0 Å². The molecule has 3 rings (SSSR count). The molecule has 0 aliphatic rings. The van der Waals surface area contributed by atoms with E-state index in [2.05, 4.69) is 21.3 Å². The Morgan fingerprint density at radius 3 is 1.58 bits per heavy atom. The number of carbonyl (C=O) groups excluding carboxylic acids is 6. The summed E-state index contributed by atoms with van der Waals surface area (Å²) < 4.78 is 0. The van der Waals surface area contributed by atoms with Crippen LogP contribution in [0.1, 0.15) is 50.8 Å². The third-order valence-electron chi connectivity index (χ3n) is 8.12. The summed E-state index contributed by atoms with van der Waals surface area (Å²) in [7, 11) is 0. The van der Waals surface area contributed by atoms with Gasteiger partial charge in [0.25, 0.3) is 5.91 Å². The minimum absolute atomic E-state index is 0.0213. The first-order chi connectivity index (χ1) is 22.8. The van der Waals surface area contributed by atoms with Crippen LogP contribution in [0.2, 0.25) is 0 Å². The maximum atomic E-state index is 13.8. The van der Waals surface area contributed by atoms with E-state index >= 15 is 0 Å². The normalized spacial score (nSPS) is 13.6. The van der Waals surface area contributed by atoms with Crippen molar-refractivity contribution in [1.82, 2.24) is 21.3 Å². The summed E-state index contributed by atoms with van der Waals surface area (Å²) in [6, 6.07) is 23.5. The predicted octanol–water partition coefficient (Wildman–Crippen LogP) is 2.16. The van der Waals surface area contributed by atoms with E-state index in [0.717, 1.165) is 11.1 Å². The van der Waals surface area contributed by atoms with Gasteiger partial charge < -0.3 is 27.0 Å². The van der Waals surface area contributed by atoms with Gasteiger partial charge in [-0.25, -0.2) is 0 Å². The van der Waals surface area contributed by atoms with Gasteiger partial charge in [-0.05, 0) is 36.5 Å². The fourth-order valence-corrected chi connectivity index (χ4v) is 4.93. The number of hydrogen-bond donors (Lipinski definition) is 5. The number of nitrogens with two attached hydrogens (primary N) is 1. The van der Waals surface area contributed by atoms with E-state index in [4.69, 9.17) is 5.73 Å². The molecule has 0 aliphatic heterocycles. The lowest BCUT2D eigenvalue weighted by Crippen LogP contribution is -2.61. The number of primary amides is 1. The summed E-state index contributed by atoms with van der Waals surface area (Å²) >= 11 is 0. The third-order valence-corrected chi connectivity index (χ3v) is 8.12. The Morgan fingerprint density at radius 1 is 0.667 bits per heavy atom. The van der Waals surface area contributed by atoms with Crippen LogP contribution in [0, 0.1) is 5.92 Å². The molecule has 0 aromatic heterocycles. The molecular formula is C37H45N5O6. The molecular weight excluding hydrogens is 610 g/mol. The van der Waals surface area contributed by atoms with Gasteiger partial charge in [0.1, 0.15) is 17.6 Å². The van der Waals surface area contributed by atoms with Crippen molar-refractivity contribution < 1.29 is 28.8 Å². The van der Waals surface area contributed by atoms with Crippen molar-refractivity contribution >= 4 is 35.3 Å². The van der Waals surface area contributed by atoms with Gasteiger partial charge in [0.15, 0.2) is 0 Å². The standard InChI is InChI=1S/C37H45N5O6/c1-5-24(2)31(32(44)35(47)40-29(22-26-17-11-7-12-18-26)34(46)42-37(3,4)36(38)48)41-33(45)28(21-25-15-9-6-10-16-25)39-30(43)23-27-19-13-8-14-20-27/h6-20,24,28-29,31H,5,21-23H2,1-4H3,(H2,38,48)(H,39,43)(H,40,47)(H,41,45)(H,42,46)/t24-,28?,29?,31?/m0/s1. The summed E-state index contributed by atoms with van der Waals surface area (Å²) in [4.78, 5) is 79.2. The fraction of sp³-hybridized carbons (Fsp3) is 0.351. The average Bonchev–Trinajstić information content (AvgIpc) is 3.06. The lowest BCUT2D eigenvalue weighted by Gasteiger charge is -2.28. The number of Topliss-reactive ketones (excluding diaryl/α,β-unsaturated/α-hetero) is 1. The Balaban J connectivity index is 1.82. The fourth-order valence-electron chi connectivity index (χ4n) is 4.93. The number of carbonyl (C=O) groups is 6. The Labute approximate surface area is 281 Å². The minimum atomic E-state index is -1.42. The number of benzene rings is 3. The van der Waals surface area contributed by atoms with Crippen molar-refractivity contribution in [2.75, 3.05) is 0 Å². The second-order valence-electron chi connectivity index (χ2n) is 12.4. The molecule has 11 nitrogen and oxygen atoms in total. The number of ketones is 1. The Kier molecular flexibility index (Phi) is 13.6. The Morgan fingerprint density at radius 2 is 1.12 bits per heavy atom. The molecule has 3 aromatic rings. The van der Waals surface area contributed by atoms with Gasteiger partial charge in [-0.2, -0.15) is 0 Å². The quantitative estimate of drug-likeness (QED) is 0.139. The van der Waals surface area contributed by atoms with Gasteiger partial charge in [-0.3, -0.25) is 28.8 Å². The highest BCUT2D eigenvalue weighted by molar-refractivity contribution is 6.39. The number of hydrogen-bond acceptors (Lipinski definition) is 6. The van der Waals surface area contributed by atoms with Crippen LogP contribution in [0.25, 0.3) is 0 Å². The molecule has 0 bridgehead atoms. The van der Waals surface area contributed by atoms with Crippen molar-refractivity contribution in [2.45, 2.75) is 77.0 Å². The van der Waals surface area contributed by atoms with Crippen LogP contribution in [0.15, 0.2) is 91.0 Å². The minimum Gasteiger partial charge on any atom is -0.368 e. The summed E-state index contributed by atoms with van der Waals surface area (Å²) in [5, 5.41) is 10.6. The molecule has 0 heterocycles. The maximum Gasteiger partial charge on any atom is 0.290 e. The second kappa shape index (κ2) is 17.6. The third kappa shape index (κ3) is 11.2. The molecule has 0 saturated carbocycles. The molecule has 0 radical (unpaired) electrons. The van der Waals surface area contributed by atoms with Gasteiger partial charge in [-0.1, -0.05) is 111 Å². The summed E-state index contributed by atoms with van der Waals surface area (Å²) in [6.07, 6.45) is 0.657. The number of nitrogens with one attached hydrogen (secondary N) is 4. The van der Waals surface area contributed by atoms with E-state index in [1.807, 2.05) is 67.6 Å². The summed E-state index contributed by atoms with van der Waals surface area (Å²) in [5.74, 6) is -5.01. The zero-order chi connectivity index (χ0) is 35.3. The van der Waals surface area contributed by atoms with Crippen LogP contribution in [-0.4, -0.2) is 59.0 Å². The molecule has 0 spiro atoms. The monoisotopic (exact) mass is 655 g/mol. The molecule has 3 aromatic carbocycles. The van der Waals surface area contributed by atoms with E-state index < -0.39 is 59.0 Å². The lowest BCUT2D eigenvalue weighted by molar-refractivity contribution is -0.142. The van der Waals surface area contributed by atoms with E-state index in [9.17, 15) is 28.8 Å². The molecule has 0 fully saturated rings. The van der Waals surface area contributed by atoms with Crippen molar-refractivity contribution in [3.63, 3.8) is 0 Å². The molecule has 0 aliphatic carbocycles. The van der Waals surface area contributed by atoms with Crippen molar-refractivity contribution in [3.8, 4) is 0 Å². The van der Waals surface area contributed by atoms with Gasteiger partial charge in [0, 0.05) is 12.8 Å². The van der Waals surface area contributed by atoms with Crippen molar-refractivity contribution in [2.24, 2.45) is 11.7 Å². The SMILES string of the molecule is CC[C@H](C)C(NC(=O)C(Cc1ccccc1)NC(=O)Cc1ccccc1)C(=O)C(=O)NC(Cc1ccccc1)C(=O)NC(C)(C)C(N)=O. The summed E-state index contributed by atoms with van der Waals surface area (Å²) in [5.41, 5.74) is 6.27. The number of amides is 5. The lowest BCUT2D eigenvalue weighted by atomic mass is 9.93. The molecule has 6 N–H and O–H groups in total. The molecule has 3 unspecified atom stereocenters. The largest absolute Gasteiger partial charge is 0.368 e. The first kappa shape index (κ1) is 37.1. The highest BCUT2D eigenvalue weighted by Gasteiger charge is 2.36. The van der Waals surface area contributed by atoms with Crippen molar-refractivity contribution in [3.05, 3.63) is 108 Å². The van der Waals surface area contributed by atoms with E-state index in [1.54, 1.807) is 37.3 Å². The van der Waals surface area contributed by atoms with Gasteiger partial charge >= 0.3 is 0 Å². The van der Waals surface area contributed by atoms with Crippen LogP contribution < -0.4 is 27.0 Å². The van der Waals surface area contributed by atoms with Gasteiger partial charge in [-0.15, -0.1) is 0 Å². The van der Waals surface area contributed by atoms with Crippen LogP contribution in [0.5, 0.6) is 0 Å². The van der Waals surface area contributed by atoms with E-state index in [0.29, 0.717) is 12.0 Å². The van der Waals surface area contributed by atoms with E-state index in [-0.39, 0.29) is 25.2 Å².